The zero-order chi connectivity index (χ0) is 14.6. The number of nitro groups is 1. The second-order valence-corrected chi connectivity index (χ2v) is 6.53. The molecule has 0 aliphatic heterocycles. The lowest BCUT2D eigenvalue weighted by Gasteiger charge is -2.26. The van der Waals surface area contributed by atoms with E-state index in [-0.39, 0.29) is 5.69 Å². The first-order chi connectivity index (χ1) is 8.71. The second-order valence-electron chi connectivity index (χ2n) is 5.37. The molecule has 1 atom stereocenters. The summed E-state index contributed by atoms with van der Waals surface area (Å²) in [4.78, 5) is 10.2. The van der Waals surface area contributed by atoms with Crippen molar-refractivity contribution in [2.75, 3.05) is 11.9 Å². The minimum Gasteiger partial charge on any atom is -0.388 e. The predicted octanol–water partition coefficient (Wildman–Crippen LogP) is 3.41. The number of hydrogen-bond acceptors (Lipinski definition) is 4. The molecule has 0 heterocycles. The monoisotopic (exact) mass is 378 g/mol. The van der Waals surface area contributed by atoms with Crippen LogP contribution in [0.4, 0.5) is 11.4 Å². The van der Waals surface area contributed by atoms with Gasteiger partial charge in [-0.25, -0.2) is 0 Å². The highest BCUT2D eigenvalue weighted by molar-refractivity contribution is 14.1. The van der Waals surface area contributed by atoms with Crippen LogP contribution in [0.25, 0.3) is 0 Å². The number of nitrogens with zero attached hydrogens (tertiary/aromatic N) is 1. The van der Waals surface area contributed by atoms with Crippen molar-refractivity contribution in [1.82, 2.24) is 0 Å². The lowest BCUT2D eigenvalue weighted by molar-refractivity contribution is -0.384. The fourth-order valence-corrected chi connectivity index (χ4v) is 2.69. The topological polar surface area (TPSA) is 75.4 Å². The zero-order valence-electron chi connectivity index (χ0n) is 11.3. The number of rotatable bonds is 6. The van der Waals surface area contributed by atoms with E-state index in [1.165, 1.54) is 12.1 Å². The van der Waals surface area contributed by atoms with Gasteiger partial charge in [-0.1, -0.05) is 13.8 Å². The Hall–Kier alpha value is -0.890. The predicted molar refractivity (Wildman–Crippen MR) is 84.4 cm³/mol. The molecular weight excluding hydrogens is 359 g/mol. The van der Waals surface area contributed by atoms with Crippen LogP contribution in [0.5, 0.6) is 0 Å². The van der Waals surface area contributed by atoms with Crippen LogP contribution in [-0.2, 0) is 0 Å². The largest absolute Gasteiger partial charge is 0.388 e. The summed E-state index contributed by atoms with van der Waals surface area (Å²) in [5.41, 5.74) is 0.0815. The summed E-state index contributed by atoms with van der Waals surface area (Å²) in [6, 6.07) is 4.65. The number of hydrogen-bond donors (Lipinski definition) is 2. The molecule has 0 saturated carbocycles. The van der Waals surface area contributed by atoms with Gasteiger partial charge in [-0.3, -0.25) is 10.1 Å². The molecular formula is C13H19IN2O3. The van der Waals surface area contributed by atoms with Crippen LogP contribution in [0, 0.1) is 19.6 Å². The molecule has 1 rings (SSSR count). The summed E-state index contributed by atoms with van der Waals surface area (Å²) in [5.74, 6) is 0.410. The van der Waals surface area contributed by atoms with Crippen molar-refractivity contribution in [1.29, 1.82) is 0 Å². The third kappa shape index (κ3) is 5.32. The number of anilines is 1. The minimum atomic E-state index is -0.793. The molecule has 0 aromatic heterocycles. The Morgan fingerprint density at radius 3 is 2.63 bits per heavy atom. The van der Waals surface area contributed by atoms with Gasteiger partial charge >= 0.3 is 0 Å². The Morgan fingerprint density at radius 2 is 2.16 bits per heavy atom. The standard InChI is InChI=1S/C13H19IN2O3/c1-9(2)7-13(3,17)8-15-12-5-4-10(16(18)19)6-11(12)14/h4-6,9,15,17H,7-8H2,1-3H3. The second kappa shape index (κ2) is 6.51. The maximum Gasteiger partial charge on any atom is 0.270 e. The molecule has 1 aromatic rings. The van der Waals surface area contributed by atoms with Crippen molar-refractivity contribution in [2.24, 2.45) is 5.92 Å². The quantitative estimate of drug-likeness (QED) is 0.452. The van der Waals surface area contributed by atoms with Crippen LogP contribution < -0.4 is 5.32 Å². The Labute approximate surface area is 126 Å². The maximum atomic E-state index is 10.6. The lowest BCUT2D eigenvalue weighted by Crippen LogP contribution is -2.35. The van der Waals surface area contributed by atoms with Gasteiger partial charge in [0.2, 0.25) is 0 Å². The molecule has 1 aromatic carbocycles. The van der Waals surface area contributed by atoms with Crippen molar-refractivity contribution in [3.8, 4) is 0 Å². The number of benzene rings is 1. The number of nitrogens with one attached hydrogen (secondary N) is 1. The first-order valence-electron chi connectivity index (χ1n) is 6.11. The molecule has 0 fully saturated rings. The van der Waals surface area contributed by atoms with E-state index in [1.54, 1.807) is 13.0 Å². The normalized spacial score (nSPS) is 14.2. The highest BCUT2D eigenvalue weighted by Crippen LogP contribution is 2.25. The van der Waals surface area contributed by atoms with Gasteiger partial charge in [0.1, 0.15) is 0 Å². The molecule has 0 saturated heterocycles. The van der Waals surface area contributed by atoms with Crippen molar-refractivity contribution in [3.63, 3.8) is 0 Å². The van der Waals surface area contributed by atoms with E-state index < -0.39 is 10.5 Å². The fourth-order valence-electron chi connectivity index (χ4n) is 2.00. The fraction of sp³-hybridized carbons (Fsp3) is 0.538. The first-order valence-corrected chi connectivity index (χ1v) is 7.19. The van der Waals surface area contributed by atoms with Gasteiger partial charge in [-0.15, -0.1) is 0 Å². The molecule has 0 spiro atoms. The number of nitro benzene ring substituents is 1. The van der Waals surface area contributed by atoms with E-state index in [1.807, 2.05) is 22.6 Å². The van der Waals surface area contributed by atoms with E-state index in [4.69, 9.17) is 0 Å². The molecule has 0 radical (unpaired) electrons. The van der Waals surface area contributed by atoms with Gasteiger partial charge < -0.3 is 10.4 Å². The first kappa shape index (κ1) is 16.2. The van der Waals surface area contributed by atoms with Crippen molar-refractivity contribution >= 4 is 34.0 Å². The zero-order valence-corrected chi connectivity index (χ0v) is 13.5. The summed E-state index contributed by atoms with van der Waals surface area (Å²) in [5, 5.41) is 24.0. The maximum absolute atomic E-state index is 10.6. The van der Waals surface area contributed by atoms with Crippen LogP contribution in [0.3, 0.4) is 0 Å². The number of halogens is 1. The third-order valence-corrected chi connectivity index (χ3v) is 3.56. The summed E-state index contributed by atoms with van der Waals surface area (Å²) in [6.45, 7) is 6.32. The summed E-state index contributed by atoms with van der Waals surface area (Å²) in [6.07, 6.45) is 0.698. The number of non-ortho nitro benzene ring substituents is 1. The molecule has 5 nitrogen and oxygen atoms in total. The molecule has 106 valence electrons. The van der Waals surface area contributed by atoms with E-state index in [9.17, 15) is 15.2 Å². The van der Waals surface area contributed by atoms with Crippen molar-refractivity contribution in [2.45, 2.75) is 32.8 Å². The van der Waals surface area contributed by atoms with Crippen LogP contribution in [0.2, 0.25) is 0 Å². The van der Waals surface area contributed by atoms with Crippen LogP contribution in [0.15, 0.2) is 18.2 Å². The van der Waals surface area contributed by atoms with Gasteiger partial charge in [0, 0.05) is 27.9 Å². The summed E-state index contributed by atoms with van der Waals surface area (Å²) < 4.78 is 0.771. The third-order valence-electron chi connectivity index (χ3n) is 2.67. The molecule has 6 heteroatoms. The van der Waals surface area contributed by atoms with Crippen LogP contribution in [0.1, 0.15) is 27.2 Å². The Balaban J connectivity index is 2.71. The lowest BCUT2D eigenvalue weighted by atomic mass is 9.94. The summed E-state index contributed by atoms with van der Waals surface area (Å²) in [7, 11) is 0. The highest BCUT2D eigenvalue weighted by Gasteiger charge is 2.22. The van der Waals surface area contributed by atoms with Gasteiger partial charge in [0.05, 0.1) is 10.5 Å². The Bertz CT molecular complexity index is 461. The van der Waals surface area contributed by atoms with Crippen molar-refractivity contribution < 1.29 is 10.0 Å². The molecule has 0 bridgehead atoms. The molecule has 19 heavy (non-hydrogen) atoms. The molecule has 1 unspecified atom stereocenters. The van der Waals surface area contributed by atoms with Crippen molar-refractivity contribution in [3.05, 3.63) is 31.9 Å². The van der Waals surface area contributed by atoms with Gasteiger partial charge in [-0.05, 0) is 47.9 Å². The van der Waals surface area contributed by atoms with Gasteiger partial charge in [0.15, 0.2) is 0 Å². The van der Waals surface area contributed by atoms with Gasteiger partial charge in [-0.2, -0.15) is 0 Å². The van der Waals surface area contributed by atoms with E-state index in [0.29, 0.717) is 18.9 Å². The molecule has 0 aliphatic carbocycles. The summed E-state index contributed by atoms with van der Waals surface area (Å²) >= 11 is 2.05. The van der Waals surface area contributed by atoms with Crippen LogP contribution in [-0.4, -0.2) is 22.2 Å². The minimum absolute atomic E-state index is 0.0730. The molecule has 0 aliphatic rings. The van der Waals surface area contributed by atoms with E-state index in [2.05, 4.69) is 19.2 Å². The average Bonchev–Trinajstić information content (AvgIpc) is 2.25. The Morgan fingerprint density at radius 1 is 1.53 bits per heavy atom. The molecule has 0 amide bonds. The SMILES string of the molecule is CC(C)CC(C)(O)CNc1ccc([N+](=O)[O-])cc1I. The Kier molecular flexibility index (Phi) is 5.54. The average molecular weight is 378 g/mol. The number of aliphatic hydroxyl groups is 1. The van der Waals surface area contributed by atoms with Crippen LogP contribution >= 0.6 is 22.6 Å². The van der Waals surface area contributed by atoms with E-state index >= 15 is 0 Å². The van der Waals surface area contributed by atoms with E-state index in [0.717, 1.165) is 9.26 Å². The molecule has 2 N–H and O–H groups in total. The highest BCUT2D eigenvalue weighted by atomic mass is 127. The smallest absolute Gasteiger partial charge is 0.270 e. The van der Waals surface area contributed by atoms with Gasteiger partial charge in [0.25, 0.3) is 5.69 Å².